The van der Waals surface area contributed by atoms with E-state index in [4.69, 9.17) is 5.73 Å². The first-order valence-electron chi connectivity index (χ1n) is 5.78. The molecule has 0 spiro atoms. The maximum atomic E-state index is 12.7. The van der Waals surface area contributed by atoms with Gasteiger partial charge < -0.3 is 10.5 Å². The first-order chi connectivity index (χ1) is 9.35. The Kier molecular flexibility index (Phi) is 3.65. The number of nitrogens with two attached hydrogens (primary N) is 1. The molecular formula is C14H12F2N2O2. The van der Waals surface area contributed by atoms with E-state index < -0.39 is 12.0 Å². The molecule has 0 radical (unpaired) electrons. The summed E-state index contributed by atoms with van der Waals surface area (Å²) < 4.78 is 29.8. The van der Waals surface area contributed by atoms with E-state index in [2.05, 4.69) is 9.72 Å². The van der Waals surface area contributed by atoms with Crippen molar-refractivity contribution in [1.29, 1.82) is 0 Å². The number of nitrogens with zero attached hydrogens (tertiary/aromatic N) is 1. The summed E-state index contributed by atoms with van der Waals surface area (Å²) in [5.41, 5.74) is 6.74. The van der Waals surface area contributed by atoms with Gasteiger partial charge in [-0.1, -0.05) is 0 Å². The van der Waals surface area contributed by atoms with Crippen LogP contribution in [-0.4, -0.2) is 17.0 Å². The molecular weight excluding hydrogens is 266 g/mol. The number of amides is 1. The standard InChI is InChI=1S/C14H12F2N2O2/c1-14(15,16)20-11-5-2-9(3-6-11)12-7-4-10(8-18-12)13(17)19/h2-8H,1H3,(H2,17,19). The van der Waals surface area contributed by atoms with Crippen molar-refractivity contribution < 1.29 is 18.3 Å². The molecule has 1 aromatic carbocycles. The van der Waals surface area contributed by atoms with Gasteiger partial charge in [-0.25, -0.2) is 0 Å². The van der Waals surface area contributed by atoms with E-state index in [1.165, 1.54) is 18.3 Å². The molecule has 0 saturated carbocycles. The fourth-order valence-corrected chi connectivity index (χ4v) is 1.61. The van der Waals surface area contributed by atoms with Crippen LogP contribution in [0.3, 0.4) is 0 Å². The number of halogens is 2. The monoisotopic (exact) mass is 278 g/mol. The lowest BCUT2D eigenvalue weighted by molar-refractivity contribution is -0.158. The molecule has 20 heavy (non-hydrogen) atoms. The SMILES string of the molecule is CC(F)(F)Oc1ccc(-c2ccc(C(N)=O)cn2)cc1. The van der Waals surface area contributed by atoms with Crippen LogP contribution in [0.25, 0.3) is 11.3 Å². The summed E-state index contributed by atoms with van der Waals surface area (Å²) in [6, 6.07) is 9.24. The molecule has 0 saturated heterocycles. The third kappa shape index (κ3) is 3.50. The highest BCUT2D eigenvalue weighted by Gasteiger charge is 2.22. The zero-order valence-corrected chi connectivity index (χ0v) is 10.6. The fraction of sp³-hybridized carbons (Fsp3) is 0.143. The molecule has 0 fully saturated rings. The number of pyridine rings is 1. The molecule has 2 rings (SSSR count). The van der Waals surface area contributed by atoms with Gasteiger partial charge in [-0.2, -0.15) is 8.78 Å². The van der Waals surface area contributed by atoms with Crippen LogP contribution >= 0.6 is 0 Å². The van der Waals surface area contributed by atoms with E-state index in [1.807, 2.05) is 0 Å². The lowest BCUT2D eigenvalue weighted by Crippen LogP contribution is -2.18. The van der Waals surface area contributed by atoms with Gasteiger partial charge in [-0.05, 0) is 36.4 Å². The zero-order chi connectivity index (χ0) is 14.8. The molecule has 1 heterocycles. The number of ether oxygens (including phenoxy) is 1. The van der Waals surface area contributed by atoms with E-state index in [1.54, 1.807) is 24.3 Å². The minimum absolute atomic E-state index is 0.0648. The predicted octanol–water partition coefficient (Wildman–Crippen LogP) is 2.84. The van der Waals surface area contributed by atoms with Gasteiger partial charge in [0.1, 0.15) is 5.75 Å². The topological polar surface area (TPSA) is 65.2 Å². The lowest BCUT2D eigenvalue weighted by atomic mass is 10.1. The number of hydrogen-bond acceptors (Lipinski definition) is 3. The van der Waals surface area contributed by atoms with Crippen molar-refractivity contribution in [2.75, 3.05) is 0 Å². The Morgan fingerprint density at radius 2 is 1.85 bits per heavy atom. The summed E-state index contributed by atoms with van der Waals surface area (Å²) >= 11 is 0. The van der Waals surface area contributed by atoms with Crippen molar-refractivity contribution in [3.8, 4) is 17.0 Å². The van der Waals surface area contributed by atoms with Crippen LogP contribution in [0.5, 0.6) is 5.75 Å². The molecule has 2 aromatic rings. The van der Waals surface area contributed by atoms with Crippen LogP contribution in [0.2, 0.25) is 0 Å². The van der Waals surface area contributed by atoms with E-state index in [0.29, 0.717) is 23.7 Å². The Labute approximate surface area is 114 Å². The third-order valence-corrected chi connectivity index (χ3v) is 2.50. The summed E-state index contributed by atoms with van der Waals surface area (Å²) in [6.07, 6.45) is -1.86. The number of aromatic nitrogens is 1. The highest BCUT2D eigenvalue weighted by Crippen LogP contribution is 2.24. The Hall–Kier alpha value is -2.50. The second-order valence-corrected chi connectivity index (χ2v) is 4.23. The van der Waals surface area contributed by atoms with Crippen molar-refractivity contribution >= 4 is 5.91 Å². The summed E-state index contributed by atoms with van der Waals surface area (Å²) in [5.74, 6) is -0.493. The molecule has 0 aliphatic rings. The van der Waals surface area contributed by atoms with E-state index in [9.17, 15) is 13.6 Å². The van der Waals surface area contributed by atoms with Crippen molar-refractivity contribution in [3.05, 3.63) is 48.2 Å². The van der Waals surface area contributed by atoms with Gasteiger partial charge in [0.15, 0.2) is 0 Å². The molecule has 1 amide bonds. The number of carbonyl (C=O) groups is 1. The van der Waals surface area contributed by atoms with Crippen LogP contribution in [0, 0.1) is 0 Å². The van der Waals surface area contributed by atoms with Gasteiger partial charge in [-0.15, -0.1) is 0 Å². The quantitative estimate of drug-likeness (QED) is 0.935. The fourth-order valence-electron chi connectivity index (χ4n) is 1.61. The highest BCUT2D eigenvalue weighted by molar-refractivity contribution is 5.92. The molecule has 1 aromatic heterocycles. The molecule has 0 unspecified atom stereocenters. The van der Waals surface area contributed by atoms with Gasteiger partial charge in [0, 0.05) is 18.7 Å². The van der Waals surface area contributed by atoms with Crippen LogP contribution in [0.4, 0.5) is 8.78 Å². The summed E-state index contributed by atoms with van der Waals surface area (Å²) in [7, 11) is 0. The second kappa shape index (κ2) is 5.24. The maximum absolute atomic E-state index is 12.7. The number of carbonyl (C=O) groups excluding carboxylic acids is 1. The minimum atomic E-state index is -3.22. The second-order valence-electron chi connectivity index (χ2n) is 4.23. The summed E-state index contributed by atoms with van der Waals surface area (Å²) in [4.78, 5) is 15.0. The van der Waals surface area contributed by atoms with Crippen LogP contribution in [0.1, 0.15) is 17.3 Å². The van der Waals surface area contributed by atoms with Crippen molar-refractivity contribution in [1.82, 2.24) is 4.98 Å². The number of alkyl halides is 2. The Bertz CT molecular complexity index is 605. The lowest BCUT2D eigenvalue weighted by Gasteiger charge is -2.13. The van der Waals surface area contributed by atoms with Crippen molar-refractivity contribution in [2.24, 2.45) is 5.73 Å². The third-order valence-electron chi connectivity index (χ3n) is 2.50. The van der Waals surface area contributed by atoms with Gasteiger partial charge in [-0.3, -0.25) is 9.78 Å². The molecule has 0 aliphatic heterocycles. The number of rotatable bonds is 4. The molecule has 6 heteroatoms. The van der Waals surface area contributed by atoms with Gasteiger partial charge in [0.2, 0.25) is 5.91 Å². The van der Waals surface area contributed by atoms with Crippen LogP contribution in [0.15, 0.2) is 42.6 Å². The van der Waals surface area contributed by atoms with Crippen molar-refractivity contribution in [3.63, 3.8) is 0 Å². The van der Waals surface area contributed by atoms with Gasteiger partial charge in [0.25, 0.3) is 0 Å². The zero-order valence-electron chi connectivity index (χ0n) is 10.6. The number of primary amides is 1. The first kappa shape index (κ1) is 13.9. The first-order valence-corrected chi connectivity index (χ1v) is 5.78. The Morgan fingerprint density at radius 3 is 2.30 bits per heavy atom. The average molecular weight is 278 g/mol. The molecule has 104 valence electrons. The smallest absolute Gasteiger partial charge is 0.394 e. The molecule has 4 nitrogen and oxygen atoms in total. The molecule has 0 atom stereocenters. The average Bonchev–Trinajstić information content (AvgIpc) is 2.38. The van der Waals surface area contributed by atoms with Crippen LogP contribution < -0.4 is 10.5 Å². The van der Waals surface area contributed by atoms with Gasteiger partial charge in [0.05, 0.1) is 11.3 Å². The normalized spacial score (nSPS) is 11.2. The maximum Gasteiger partial charge on any atom is 0.394 e. The number of benzene rings is 1. The van der Waals surface area contributed by atoms with Crippen LogP contribution in [-0.2, 0) is 0 Å². The molecule has 0 bridgehead atoms. The van der Waals surface area contributed by atoms with E-state index >= 15 is 0 Å². The minimum Gasteiger partial charge on any atom is -0.433 e. The highest BCUT2D eigenvalue weighted by atomic mass is 19.3. The van der Waals surface area contributed by atoms with E-state index in [0.717, 1.165) is 0 Å². The van der Waals surface area contributed by atoms with Gasteiger partial charge >= 0.3 is 6.11 Å². The molecule has 2 N–H and O–H groups in total. The summed E-state index contributed by atoms with van der Waals surface area (Å²) in [5, 5.41) is 0. The predicted molar refractivity (Wildman–Crippen MR) is 69.4 cm³/mol. The van der Waals surface area contributed by atoms with E-state index in [-0.39, 0.29) is 5.75 Å². The van der Waals surface area contributed by atoms with Crippen molar-refractivity contribution in [2.45, 2.75) is 13.0 Å². The Morgan fingerprint density at radius 1 is 1.20 bits per heavy atom. The number of hydrogen-bond donors (Lipinski definition) is 1. The Balaban J connectivity index is 2.19. The summed E-state index contributed by atoms with van der Waals surface area (Å²) in [6.45, 7) is 0.672. The molecule has 0 aliphatic carbocycles. The largest absolute Gasteiger partial charge is 0.433 e.